The molecule has 3 heterocycles. The van der Waals surface area contributed by atoms with Crippen LogP contribution in [-0.2, 0) is 32.1 Å². The van der Waals surface area contributed by atoms with E-state index in [2.05, 4.69) is 133 Å². The third-order valence-electron chi connectivity index (χ3n) is 12.9. The second-order valence-corrected chi connectivity index (χ2v) is 17.8. The summed E-state index contributed by atoms with van der Waals surface area (Å²) in [4.78, 5) is 14.7. The van der Waals surface area contributed by atoms with Crippen LogP contribution >= 0.6 is 0 Å². The number of pyridine rings is 3. The SMILES string of the molecule is FC(F)(F)CCc1cccc(-c2ccc(-c3cc(-c4ccccc4)ncc3-c3ccccc3-c3cc(CCc4ccc(-c5ccccc5)nc4)cc(CCc4ccc(-c5ccccc5)nc4)c3)cc2)c1. The van der Waals surface area contributed by atoms with Gasteiger partial charge < -0.3 is 0 Å². The number of rotatable bonds is 15. The Labute approximate surface area is 408 Å². The van der Waals surface area contributed by atoms with Gasteiger partial charge in [0.05, 0.1) is 17.1 Å². The minimum atomic E-state index is -4.20. The largest absolute Gasteiger partial charge is 0.389 e. The molecule has 0 amide bonds. The van der Waals surface area contributed by atoms with E-state index in [1.807, 2.05) is 91.4 Å². The van der Waals surface area contributed by atoms with Gasteiger partial charge in [0, 0.05) is 47.3 Å². The Kier molecular flexibility index (Phi) is 13.6. The molecule has 0 bridgehead atoms. The minimum Gasteiger partial charge on any atom is -0.256 e. The van der Waals surface area contributed by atoms with E-state index in [-0.39, 0.29) is 6.42 Å². The minimum absolute atomic E-state index is 0.0528. The fraction of sp³-hybridized carbons (Fsp3) is 0.109. The molecular weight excluding hydrogens is 868 g/mol. The molecule has 10 rings (SSSR count). The van der Waals surface area contributed by atoms with Crippen molar-refractivity contribution < 1.29 is 13.2 Å². The predicted molar refractivity (Wildman–Crippen MR) is 280 cm³/mol. The maximum atomic E-state index is 13.1. The monoisotopic (exact) mass is 917 g/mol. The lowest BCUT2D eigenvalue weighted by Crippen LogP contribution is -2.08. The maximum absolute atomic E-state index is 13.1. The molecule has 0 unspecified atom stereocenters. The van der Waals surface area contributed by atoms with Crippen molar-refractivity contribution in [3.63, 3.8) is 0 Å². The van der Waals surface area contributed by atoms with Crippen molar-refractivity contribution in [1.29, 1.82) is 0 Å². The van der Waals surface area contributed by atoms with E-state index in [1.165, 1.54) is 22.3 Å². The molecule has 0 fully saturated rings. The van der Waals surface area contributed by atoms with E-state index in [9.17, 15) is 13.2 Å². The van der Waals surface area contributed by atoms with Crippen molar-refractivity contribution in [1.82, 2.24) is 15.0 Å². The van der Waals surface area contributed by atoms with Crippen LogP contribution in [0.1, 0.15) is 34.2 Å². The molecule has 0 aliphatic heterocycles. The first-order valence-electron chi connectivity index (χ1n) is 23.8. The lowest BCUT2D eigenvalue weighted by Gasteiger charge is -2.18. The standard InChI is InChI=1S/C64H50F3N3/c65-64(66,67)36-35-45-13-12-20-55(38-45)50-29-31-51(32-30-50)59-41-63(54-18-8-3-9-19-54)70-44-60(59)58-22-11-10-21-57(58)56-39-48(25-23-46-27-33-61(68-42-46)52-14-4-1-5-15-52)37-49(40-56)26-24-47-28-34-62(69-43-47)53-16-6-2-7-17-53/h1-22,27-34,37-44H,23-26,35-36H2. The number of hydrogen-bond donors (Lipinski definition) is 0. The van der Waals surface area contributed by atoms with Gasteiger partial charge in [0.15, 0.2) is 0 Å². The van der Waals surface area contributed by atoms with Crippen LogP contribution in [0.5, 0.6) is 0 Å². The van der Waals surface area contributed by atoms with E-state index >= 15 is 0 Å². The van der Waals surface area contributed by atoms with Crippen LogP contribution in [0.4, 0.5) is 13.2 Å². The molecule has 0 saturated carbocycles. The van der Waals surface area contributed by atoms with Gasteiger partial charge in [0.25, 0.3) is 0 Å². The van der Waals surface area contributed by atoms with Crippen molar-refractivity contribution in [3.8, 4) is 78.3 Å². The first kappa shape index (κ1) is 45.6. The Bertz CT molecular complexity index is 3210. The van der Waals surface area contributed by atoms with E-state index in [0.717, 1.165) is 104 Å². The number of aryl methyl sites for hydroxylation is 5. The summed E-state index contributed by atoms with van der Waals surface area (Å²) in [5, 5.41) is 0. The zero-order chi connectivity index (χ0) is 47.7. The van der Waals surface area contributed by atoms with Gasteiger partial charge in [0.1, 0.15) is 0 Å². The highest BCUT2D eigenvalue weighted by Gasteiger charge is 2.26. The molecule has 0 atom stereocenters. The van der Waals surface area contributed by atoms with Gasteiger partial charge in [-0.15, -0.1) is 0 Å². The highest BCUT2D eigenvalue weighted by Crippen LogP contribution is 2.41. The van der Waals surface area contributed by atoms with Gasteiger partial charge in [-0.1, -0.05) is 194 Å². The Morgan fingerprint density at radius 1 is 0.271 bits per heavy atom. The van der Waals surface area contributed by atoms with E-state index in [4.69, 9.17) is 15.0 Å². The Morgan fingerprint density at radius 2 is 0.743 bits per heavy atom. The van der Waals surface area contributed by atoms with Gasteiger partial charge in [-0.3, -0.25) is 15.0 Å². The molecule has 342 valence electrons. The van der Waals surface area contributed by atoms with Crippen LogP contribution in [0, 0.1) is 0 Å². The maximum Gasteiger partial charge on any atom is 0.389 e. The van der Waals surface area contributed by atoms with Crippen molar-refractivity contribution in [2.75, 3.05) is 0 Å². The predicted octanol–water partition coefficient (Wildman–Crippen LogP) is 16.6. The summed E-state index contributed by atoms with van der Waals surface area (Å²) >= 11 is 0. The second-order valence-electron chi connectivity index (χ2n) is 17.8. The molecule has 6 heteroatoms. The van der Waals surface area contributed by atoms with Gasteiger partial charge >= 0.3 is 6.18 Å². The number of hydrogen-bond acceptors (Lipinski definition) is 3. The lowest BCUT2D eigenvalue weighted by molar-refractivity contribution is -0.134. The molecule has 0 aliphatic rings. The molecule has 0 saturated heterocycles. The highest BCUT2D eigenvalue weighted by molar-refractivity contribution is 5.93. The fourth-order valence-corrected chi connectivity index (χ4v) is 9.17. The zero-order valence-electron chi connectivity index (χ0n) is 38.7. The van der Waals surface area contributed by atoms with Crippen molar-refractivity contribution in [2.45, 2.75) is 44.7 Å². The van der Waals surface area contributed by atoms with E-state index in [0.29, 0.717) is 5.56 Å². The Morgan fingerprint density at radius 3 is 1.29 bits per heavy atom. The molecule has 0 radical (unpaired) electrons. The summed E-state index contributed by atoms with van der Waals surface area (Å²) in [5.74, 6) is 0. The number of benzene rings is 7. The molecule has 0 aliphatic carbocycles. The van der Waals surface area contributed by atoms with Crippen molar-refractivity contribution >= 4 is 0 Å². The highest BCUT2D eigenvalue weighted by atomic mass is 19.4. The van der Waals surface area contributed by atoms with Crippen molar-refractivity contribution in [3.05, 3.63) is 259 Å². The summed E-state index contributed by atoms with van der Waals surface area (Å²) in [6.45, 7) is 0. The molecular formula is C64H50F3N3. The summed E-state index contributed by atoms with van der Waals surface area (Å²) in [7, 11) is 0. The molecule has 0 N–H and O–H groups in total. The van der Waals surface area contributed by atoms with Crippen LogP contribution in [0.25, 0.3) is 78.3 Å². The number of nitrogens with zero attached hydrogens (tertiary/aromatic N) is 3. The van der Waals surface area contributed by atoms with Crippen LogP contribution in [-0.4, -0.2) is 21.1 Å². The van der Waals surface area contributed by atoms with Gasteiger partial charge in [0.2, 0.25) is 0 Å². The summed E-state index contributed by atoms with van der Waals surface area (Å²) in [6, 6.07) is 72.9. The van der Waals surface area contributed by atoms with E-state index in [1.54, 1.807) is 6.07 Å². The Hall–Kier alpha value is -8.22. The van der Waals surface area contributed by atoms with Gasteiger partial charge in [-0.2, -0.15) is 13.2 Å². The third-order valence-corrected chi connectivity index (χ3v) is 12.9. The molecule has 0 spiro atoms. The average Bonchev–Trinajstić information content (AvgIpc) is 3.42. The fourth-order valence-electron chi connectivity index (χ4n) is 9.17. The summed E-state index contributed by atoms with van der Waals surface area (Å²) < 4.78 is 39.3. The lowest BCUT2D eigenvalue weighted by atomic mass is 9.87. The number of aromatic nitrogens is 3. The first-order valence-corrected chi connectivity index (χ1v) is 23.8. The van der Waals surface area contributed by atoms with Gasteiger partial charge in [-0.05, 0) is 117 Å². The topological polar surface area (TPSA) is 38.7 Å². The quantitative estimate of drug-likeness (QED) is 0.103. The normalized spacial score (nSPS) is 11.4. The molecule has 10 aromatic rings. The van der Waals surface area contributed by atoms with Crippen LogP contribution in [0.15, 0.2) is 231 Å². The zero-order valence-corrected chi connectivity index (χ0v) is 38.7. The average molecular weight is 918 g/mol. The Balaban J connectivity index is 0.999. The van der Waals surface area contributed by atoms with E-state index < -0.39 is 12.6 Å². The third kappa shape index (κ3) is 11.2. The first-order chi connectivity index (χ1) is 34.3. The molecule has 3 nitrogen and oxygen atoms in total. The molecule has 3 aromatic heterocycles. The van der Waals surface area contributed by atoms with Crippen LogP contribution in [0.3, 0.4) is 0 Å². The number of alkyl halides is 3. The van der Waals surface area contributed by atoms with Crippen LogP contribution < -0.4 is 0 Å². The summed E-state index contributed by atoms with van der Waals surface area (Å²) in [5.41, 5.74) is 19.7. The summed E-state index contributed by atoms with van der Waals surface area (Å²) in [6.07, 6.45) is 4.29. The molecule has 7 aromatic carbocycles. The molecule has 70 heavy (non-hydrogen) atoms. The number of halogens is 3. The van der Waals surface area contributed by atoms with Crippen LogP contribution in [0.2, 0.25) is 0 Å². The van der Waals surface area contributed by atoms with Crippen molar-refractivity contribution in [2.24, 2.45) is 0 Å². The second kappa shape index (κ2) is 21.0. The van der Waals surface area contributed by atoms with Gasteiger partial charge in [-0.25, -0.2) is 0 Å². The smallest absolute Gasteiger partial charge is 0.256 e.